The molecule has 0 bridgehead atoms. The Morgan fingerprint density at radius 2 is 2.35 bits per heavy atom. The molecule has 2 atom stereocenters. The highest BCUT2D eigenvalue weighted by molar-refractivity contribution is 5.83. The zero-order valence-corrected chi connectivity index (χ0v) is 11.1. The largest absolute Gasteiger partial charge is 0.409 e. The molecule has 4 N–H and O–H groups in total. The molecule has 0 aromatic heterocycles. The fraction of sp³-hybridized carbons (Fsp3) is 0.917. The highest BCUT2D eigenvalue weighted by Gasteiger charge is 2.30. The van der Waals surface area contributed by atoms with Crippen LogP contribution in [0.3, 0.4) is 0 Å². The first-order valence-electron chi connectivity index (χ1n) is 6.27. The van der Waals surface area contributed by atoms with E-state index in [1.165, 1.54) is 19.3 Å². The topological polar surface area (TPSA) is 79.9 Å². The average Bonchev–Trinajstić information content (AvgIpc) is 2.63. The Labute approximate surface area is 103 Å². The number of amidine groups is 1. The maximum atomic E-state index is 8.46. The minimum Gasteiger partial charge on any atom is -0.409 e. The van der Waals surface area contributed by atoms with Gasteiger partial charge in [-0.05, 0) is 31.6 Å². The Morgan fingerprint density at radius 3 is 2.88 bits per heavy atom. The highest BCUT2D eigenvalue weighted by Crippen LogP contribution is 2.36. The van der Waals surface area contributed by atoms with Crippen LogP contribution >= 0.6 is 0 Å². The fourth-order valence-electron chi connectivity index (χ4n) is 2.28. The van der Waals surface area contributed by atoms with Crippen LogP contribution in [0.2, 0.25) is 0 Å². The Kier molecular flexibility index (Phi) is 5.21. The molecular weight excluding hydrogens is 218 g/mol. The van der Waals surface area contributed by atoms with Crippen LogP contribution < -0.4 is 11.1 Å². The van der Waals surface area contributed by atoms with E-state index in [0.717, 1.165) is 6.54 Å². The van der Waals surface area contributed by atoms with Gasteiger partial charge in [0.05, 0.1) is 6.61 Å². The van der Waals surface area contributed by atoms with E-state index in [0.29, 0.717) is 18.1 Å². The quantitative estimate of drug-likeness (QED) is 0.216. The molecule has 0 heterocycles. The monoisotopic (exact) mass is 243 g/mol. The Hall–Kier alpha value is -0.810. The summed E-state index contributed by atoms with van der Waals surface area (Å²) < 4.78 is 5.43. The second kappa shape index (κ2) is 6.21. The number of nitrogens with two attached hydrogens (primary N) is 1. The van der Waals surface area contributed by atoms with Crippen molar-refractivity contribution in [1.29, 1.82) is 0 Å². The van der Waals surface area contributed by atoms with E-state index in [9.17, 15) is 0 Å². The summed E-state index contributed by atoms with van der Waals surface area (Å²) in [6.07, 6.45) is 3.42. The van der Waals surface area contributed by atoms with Gasteiger partial charge in [0.2, 0.25) is 0 Å². The number of rotatable bonds is 6. The maximum absolute atomic E-state index is 8.46. The molecule has 2 unspecified atom stereocenters. The Morgan fingerprint density at radius 1 is 1.65 bits per heavy atom. The van der Waals surface area contributed by atoms with Crippen molar-refractivity contribution in [2.45, 2.75) is 52.2 Å². The number of ether oxygens (including phenoxy) is 1. The molecule has 100 valence electrons. The van der Waals surface area contributed by atoms with Crippen LogP contribution in [0.5, 0.6) is 0 Å². The van der Waals surface area contributed by atoms with Gasteiger partial charge >= 0.3 is 0 Å². The molecule has 17 heavy (non-hydrogen) atoms. The second-order valence-corrected chi connectivity index (χ2v) is 5.60. The third-order valence-electron chi connectivity index (χ3n) is 3.40. The minimum atomic E-state index is -0.332. The number of hydrogen-bond acceptors (Lipinski definition) is 4. The van der Waals surface area contributed by atoms with E-state index in [4.69, 9.17) is 15.7 Å². The molecular formula is C12H25N3O2. The molecule has 1 fully saturated rings. The highest BCUT2D eigenvalue weighted by atomic mass is 16.5. The lowest BCUT2D eigenvalue weighted by Gasteiger charge is -2.18. The van der Waals surface area contributed by atoms with Gasteiger partial charge < -0.3 is 21.0 Å². The third-order valence-corrected chi connectivity index (χ3v) is 3.40. The number of oxime groups is 1. The van der Waals surface area contributed by atoms with Crippen molar-refractivity contribution in [1.82, 2.24) is 5.32 Å². The summed E-state index contributed by atoms with van der Waals surface area (Å²) in [6, 6.07) is 0.604. The van der Waals surface area contributed by atoms with Crippen molar-refractivity contribution in [3.8, 4) is 0 Å². The standard InChI is InChI=1S/C12H25N3O2/c1-9(11(13)15-16)17-7-6-14-10-4-5-12(2,3)8-10/h9-10,14,16H,4-8H2,1-3H3,(H2,13,15). The number of nitrogens with one attached hydrogen (secondary N) is 1. The molecule has 0 radical (unpaired) electrons. The van der Waals surface area contributed by atoms with Crippen molar-refractivity contribution >= 4 is 5.84 Å². The molecule has 5 heteroatoms. The van der Waals surface area contributed by atoms with E-state index in [-0.39, 0.29) is 11.9 Å². The Balaban J connectivity index is 2.09. The predicted octanol–water partition coefficient (Wildman–Crippen LogP) is 1.31. The lowest BCUT2D eigenvalue weighted by molar-refractivity contribution is 0.106. The molecule has 1 aliphatic carbocycles. The zero-order chi connectivity index (χ0) is 12.9. The van der Waals surface area contributed by atoms with Crippen molar-refractivity contribution in [2.75, 3.05) is 13.2 Å². The van der Waals surface area contributed by atoms with Crippen LogP contribution in [-0.4, -0.2) is 36.3 Å². The smallest absolute Gasteiger partial charge is 0.168 e. The first-order chi connectivity index (χ1) is 7.94. The van der Waals surface area contributed by atoms with Crippen LogP contribution in [0.15, 0.2) is 5.16 Å². The van der Waals surface area contributed by atoms with E-state index in [1.807, 2.05) is 0 Å². The second-order valence-electron chi connectivity index (χ2n) is 5.60. The first-order valence-corrected chi connectivity index (χ1v) is 6.27. The van der Waals surface area contributed by atoms with Crippen LogP contribution in [0.4, 0.5) is 0 Å². The number of hydrogen-bond donors (Lipinski definition) is 3. The summed E-state index contributed by atoms with van der Waals surface area (Å²) in [5.41, 5.74) is 5.88. The van der Waals surface area contributed by atoms with Gasteiger partial charge in [-0.3, -0.25) is 0 Å². The van der Waals surface area contributed by atoms with Crippen molar-refractivity contribution in [3.05, 3.63) is 0 Å². The van der Waals surface area contributed by atoms with Crippen LogP contribution in [0.25, 0.3) is 0 Å². The molecule has 0 amide bonds. The SMILES string of the molecule is CC(OCCNC1CCC(C)(C)C1)C(N)=NO. The summed E-state index contributed by atoms with van der Waals surface area (Å²) in [7, 11) is 0. The molecule has 5 nitrogen and oxygen atoms in total. The first kappa shape index (κ1) is 14.3. The van der Waals surface area contributed by atoms with Crippen LogP contribution in [-0.2, 0) is 4.74 Å². The molecule has 1 saturated carbocycles. The summed E-state index contributed by atoms with van der Waals surface area (Å²) in [5.74, 6) is 0.118. The van der Waals surface area contributed by atoms with Gasteiger partial charge in [-0.15, -0.1) is 0 Å². The third kappa shape index (κ3) is 4.91. The van der Waals surface area contributed by atoms with Gasteiger partial charge in [0.15, 0.2) is 5.84 Å². The lowest BCUT2D eigenvalue weighted by atomic mass is 9.92. The molecule has 0 aromatic carbocycles. The molecule has 1 rings (SSSR count). The van der Waals surface area contributed by atoms with Crippen LogP contribution in [0.1, 0.15) is 40.0 Å². The normalized spacial score (nSPS) is 26.1. The van der Waals surface area contributed by atoms with Gasteiger partial charge in [0.25, 0.3) is 0 Å². The zero-order valence-electron chi connectivity index (χ0n) is 11.1. The van der Waals surface area contributed by atoms with E-state index in [2.05, 4.69) is 24.3 Å². The fourth-order valence-corrected chi connectivity index (χ4v) is 2.28. The molecule has 0 spiro atoms. The van der Waals surface area contributed by atoms with Gasteiger partial charge in [0.1, 0.15) is 6.10 Å². The summed E-state index contributed by atoms with van der Waals surface area (Å²) in [6.45, 7) is 7.78. The lowest BCUT2D eigenvalue weighted by Crippen LogP contribution is -2.34. The van der Waals surface area contributed by atoms with Crippen LogP contribution in [0, 0.1) is 5.41 Å². The maximum Gasteiger partial charge on any atom is 0.168 e. The van der Waals surface area contributed by atoms with Crippen molar-refractivity contribution in [2.24, 2.45) is 16.3 Å². The van der Waals surface area contributed by atoms with E-state index in [1.54, 1.807) is 6.92 Å². The van der Waals surface area contributed by atoms with Gasteiger partial charge in [-0.25, -0.2) is 0 Å². The van der Waals surface area contributed by atoms with Gasteiger partial charge in [-0.2, -0.15) is 0 Å². The minimum absolute atomic E-state index is 0.118. The predicted molar refractivity (Wildman–Crippen MR) is 68.2 cm³/mol. The van der Waals surface area contributed by atoms with Gasteiger partial charge in [-0.1, -0.05) is 19.0 Å². The van der Waals surface area contributed by atoms with Crippen molar-refractivity contribution < 1.29 is 9.94 Å². The van der Waals surface area contributed by atoms with E-state index < -0.39 is 0 Å². The van der Waals surface area contributed by atoms with E-state index >= 15 is 0 Å². The van der Waals surface area contributed by atoms with Gasteiger partial charge in [0, 0.05) is 12.6 Å². The molecule has 0 aliphatic heterocycles. The molecule has 1 aliphatic rings. The Bertz CT molecular complexity index is 266. The average molecular weight is 243 g/mol. The number of nitrogens with zero attached hydrogens (tertiary/aromatic N) is 1. The molecule has 0 saturated heterocycles. The van der Waals surface area contributed by atoms with Crippen molar-refractivity contribution in [3.63, 3.8) is 0 Å². The summed E-state index contributed by atoms with van der Waals surface area (Å²) >= 11 is 0. The molecule has 0 aromatic rings. The summed E-state index contributed by atoms with van der Waals surface area (Å²) in [4.78, 5) is 0. The summed E-state index contributed by atoms with van der Waals surface area (Å²) in [5, 5.41) is 14.9.